The number of carbonyl (C=O) groups excluding carboxylic acids is 2. The molecule has 1 N–H and O–H groups in total. The van der Waals surface area contributed by atoms with Crippen LogP contribution in [-0.2, 0) is 9.53 Å². The van der Waals surface area contributed by atoms with Crippen LogP contribution in [0.15, 0.2) is 35.8 Å². The van der Waals surface area contributed by atoms with Crippen molar-refractivity contribution in [3.8, 4) is 5.75 Å². The van der Waals surface area contributed by atoms with Gasteiger partial charge in [-0.1, -0.05) is 6.08 Å². The molecule has 9 nitrogen and oxygen atoms in total. The first-order chi connectivity index (χ1) is 16.0. The number of allylic oxidation sites excluding steroid dienone is 1. The maximum absolute atomic E-state index is 13.5. The quantitative estimate of drug-likeness (QED) is 0.484. The van der Waals surface area contributed by atoms with Gasteiger partial charge in [-0.25, -0.2) is 9.59 Å². The molecule has 1 saturated heterocycles. The molecule has 2 atom stereocenters. The van der Waals surface area contributed by atoms with Crippen LogP contribution in [0, 0.1) is 0 Å². The van der Waals surface area contributed by atoms with E-state index in [1.807, 2.05) is 18.0 Å². The summed E-state index contributed by atoms with van der Waals surface area (Å²) >= 11 is 0. The van der Waals surface area contributed by atoms with Gasteiger partial charge in [-0.3, -0.25) is 9.69 Å². The van der Waals surface area contributed by atoms with Gasteiger partial charge < -0.3 is 19.5 Å². The normalized spacial score (nSPS) is 21.6. The van der Waals surface area contributed by atoms with E-state index in [0.29, 0.717) is 24.3 Å². The average molecular weight is 472 g/mol. The number of guanidine groups is 1. The number of rotatable bonds is 6. The molecule has 3 rings (SSSR count). The summed E-state index contributed by atoms with van der Waals surface area (Å²) in [4.78, 5) is 45.3. The average Bonchev–Trinajstić information content (AvgIpc) is 2.75. The maximum Gasteiger partial charge on any atom is 0.437 e. The third-order valence-electron chi connectivity index (χ3n) is 5.86. The summed E-state index contributed by atoms with van der Waals surface area (Å²) in [5.74, 6) is -0.532. The van der Waals surface area contributed by atoms with Crippen LogP contribution in [0.4, 0.5) is 4.79 Å². The first-order valence-corrected chi connectivity index (χ1v) is 11.5. The van der Waals surface area contributed by atoms with Crippen LogP contribution in [0.3, 0.4) is 0 Å². The molecule has 2 aliphatic rings. The topological polar surface area (TPSA) is 109 Å². The Hall–Kier alpha value is -3.36. The highest BCUT2D eigenvalue weighted by Gasteiger charge is 2.42. The number of amides is 2. The Balaban J connectivity index is 2.03. The Labute approximate surface area is 200 Å². The summed E-state index contributed by atoms with van der Waals surface area (Å²) in [6.45, 7) is 9.35. The summed E-state index contributed by atoms with van der Waals surface area (Å²) < 4.78 is 11.1. The van der Waals surface area contributed by atoms with Gasteiger partial charge in [0.15, 0.2) is 0 Å². The number of carbonyl (C=O) groups is 3. The number of aliphatic imine (C=N–C) groups is 1. The summed E-state index contributed by atoms with van der Waals surface area (Å²) in [6, 6.07) is 3.95. The van der Waals surface area contributed by atoms with Gasteiger partial charge in [-0.2, -0.15) is 0 Å². The van der Waals surface area contributed by atoms with Gasteiger partial charge in [0.2, 0.25) is 11.9 Å². The van der Waals surface area contributed by atoms with Gasteiger partial charge in [0, 0.05) is 31.5 Å². The number of unbranched alkanes of at least 4 members (excludes halogenated alkanes) is 1. The minimum Gasteiger partial charge on any atom is -0.493 e. The van der Waals surface area contributed by atoms with Gasteiger partial charge in [-0.05, 0) is 58.2 Å². The van der Waals surface area contributed by atoms with Crippen LogP contribution in [0.1, 0.15) is 74.8 Å². The van der Waals surface area contributed by atoms with E-state index in [4.69, 9.17) is 9.47 Å². The fourth-order valence-corrected chi connectivity index (χ4v) is 4.27. The molecule has 0 aromatic heterocycles. The molecule has 2 heterocycles. The lowest BCUT2D eigenvalue weighted by atomic mass is 9.94. The molecule has 0 radical (unpaired) electrons. The van der Waals surface area contributed by atoms with Gasteiger partial charge >= 0.3 is 12.1 Å². The highest BCUT2D eigenvalue weighted by Crippen LogP contribution is 2.39. The van der Waals surface area contributed by atoms with Gasteiger partial charge in [0.25, 0.3) is 0 Å². The summed E-state index contributed by atoms with van der Waals surface area (Å²) in [7, 11) is 1.81. The predicted molar refractivity (Wildman–Crippen MR) is 127 cm³/mol. The smallest absolute Gasteiger partial charge is 0.437 e. The van der Waals surface area contributed by atoms with Gasteiger partial charge in [-0.15, -0.1) is 11.6 Å². The van der Waals surface area contributed by atoms with Crippen molar-refractivity contribution >= 4 is 23.9 Å². The highest BCUT2D eigenvalue weighted by molar-refractivity contribution is 6.03. The summed E-state index contributed by atoms with van der Waals surface area (Å²) in [6.07, 6.45) is 4.16. The SMILES string of the molecule is C=CCCC[C@@H]1CC(=O)N([C@@H]2CCOc3ccc(C(=O)O)cc32)/C(=N/C(=O)OC(C)(C)C)N1C. The van der Waals surface area contributed by atoms with Gasteiger partial charge in [0.1, 0.15) is 11.4 Å². The summed E-state index contributed by atoms with van der Waals surface area (Å²) in [5.41, 5.74) is -0.0660. The Morgan fingerprint density at radius 3 is 2.74 bits per heavy atom. The monoisotopic (exact) mass is 471 g/mol. The Bertz CT molecular complexity index is 997. The second kappa shape index (κ2) is 10.3. The number of nitrogens with zero attached hydrogens (tertiary/aromatic N) is 3. The lowest BCUT2D eigenvalue weighted by Gasteiger charge is -2.45. The van der Waals surface area contributed by atoms with E-state index >= 15 is 0 Å². The van der Waals surface area contributed by atoms with Crippen molar-refractivity contribution in [2.24, 2.45) is 4.99 Å². The molecule has 0 unspecified atom stereocenters. The van der Waals surface area contributed by atoms with E-state index < -0.39 is 23.7 Å². The number of fused-ring (bicyclic) bond motifs is 1. The van der Waals surface area contributed by atoms with Crippen LogP contribution in [-0.4, -0.2) is 64.1 Å². The first-order valence-electron chi connectivity index (χ1n) is 11.5. The van der Waals surface area contributed by atoms with Crippen molar-refractivity contribution < 1.29 is 29.0 Å². The number of carboxylic acid groups (broad SMARTS) is 1. The van der Waals surface area contributed by atoms with Crippen LogP contribution in [0.25, 0.3) is 0 Å². The van der Waals surface area contributed by atoms with Crippen molar-refractivity contribution in [2.75, 3.05) is 13.7 Å². The van der Waals surface area contributed by atoms with E-state index in [2.05, 4.69) is 11.6 Å². The molecule has 2 aliphatic heterocycles. The first kappa shape index (κ1) is 25.3. The van der Waals surface area contributed by atoms with Crippen LogP contribution < -0.4 is 4.74 Å². The fraction of sp³-hybridized carbons (Fsp3) is 0.520. The molecular formula is C25H33N3O6. The van der Waals surface area contributed by atoms with E-state index in [1.54, 1.807) is 26.8 Å². The molecule has 1 aromatic carbocycles. The zero-order valence-corrected chi connectivity index (χ0v) is 20.2. The predicted octanol–water partition coefficient (Wildman–Crippen LogP) is 4.39. The molecule has 34 heavy (non-hydrogen) atoms. The largest absolute Gasteiger partial charge is 0.493 e. The molecule has 0 saturated carbocycles. The minimum absolute atomic E-state index is 0.0972. The number of hydrogen-bond acceptors (Lipinski definition) is 5. The standard InChI is InChI=1S/C25H33N3O6/c1-6-7-8-9-17-15-21(29)28(23(27(17)5)26-24(32)34-25(2,3)4)19-12-13-33-20-11-10-16(22(30)31)14-18(19)20/h6,10-11,14,17,19H,1,7-9,12-13,15H2,2-5H3,(H,30,31)/b26-23+/t17-,19-/m1/s1. The van der Waals surface area contributed by atoms with Gasteiger partial charge in [0.05, 0.1) is 18.2 Å². The van der Waals surface area contributed by atoms with Crippen molar-refractivity contribution in [3.63, 3.8) is 0 Å². The Kier molecular flexibility index (Phi) is 7.64. The second-order valence-electron chi connectivity index (χ2n) is 9.56. The molecule has 1 aromatic rings. The molecular weight excluding hydrogens is 438 g/mol. The minimum atomic E-state index is -1.07. The second-order valence-corrected chi connectivity index (χ2v) is 9.56. The molecule has 1 fully saturated rings. The number of aromatic carboxylic acids is 1. The van der Waals surface area contributed by atoms with Crippen LogP contribution >= 0.6 is 0 Å². The zero-order valence-electron chi connectivity index (χ0n) is 20.2. The van der Waals surface area contributed by atoms with Crippen molar-refractivity contribution in [2.45, 2.75) is 70.6 Å². The van der Waals surface area contributed by atoms with E-state index in [1.165, 1.54) is 17.0 Å². The molecule has 184 valence electrons. The van der Waals surface area contributed by atoms with E-state index in [0.717, 1.165) is 19.3 Å². The van der Waals surface area contributed by atoms with Crippen LogP contribution in [0.2, 0.25) is 0 Å². The maximum atomic E-state index is 13.5. The lowest BCUT2D eigenvalue weighted by molar-refractivity contribution is -0.133. The molecule has 0 aliphatic carbocycles. The van der Waals surface area contributed by atoms with Crippen molar-refractivity contribution in [1.29, 1.82) is 0 Å². The van der Waals surface area contributed by atoms with Crippen molar-refractivity contribution in [1.82, 2.24) is 9.80 Å². The zero-order chi connectivity index (χ0) is 25.0. The Morgan fingerprint density at radius 2 is 2.09 bits per heavy atom. The summed E-state index contributed by atoms with van der Waals surface area (Å²) in [5, 5.41) is 9.47. The number of carboxylic acids is 1. The lowest BCUT2D eigenvalue weighted by Crippen LogP contribution is -2.57. The number of hydrogen-bond donors (Lipinski definition) is 1. The number of benzene rings is 1. The third kappa shape index (κ3) is 5.76. The molecule has 2 amide bonds. The molecule has 9 heteroatoms. The molecule has 0 spiro atoms. The highest BCUT2D eigenvalue weighted by atomic mass is 16.6. The van der Waals surface area contributed by atoms with E-state index in [-0.39, 0.29) is 29.9 Å². The molecule has 0 bridgehead atoms. The third-order valence-corrected chi connectivity index (χ3v) is 5.86. The number of ether oxygens (including phenoxy) is 2. The fourth-order valence-electron chi connectivity index (χ4n) is 4.27. The van der Waals surface area contributed by atoms with Crippen LogP contribution in [0.5, 0.6) is 5.75 Å². The van der Waals surface area contributed by atoms with E-state index in [9.17, 15) is 19.5 Å². The van der Waals surface area contributed by atoms with Crippen molar-refractivity contribution in [3.05, 3.63) is 42.0 Å². The Morgan fingerprint density at radius 1 is 1.35 bits per heavy atom.